The Morgan fingerprint density at radius 2 is 2.14 bits per heavy atom. The van der Waals surface area contributed by atoms with Gasteiger partial charge in [0.2, 0.25) is 0 Å². The van der Waals surface area contributed by atoms with E-state index in [1.807, 2.05) is 6.07 Å². The van der Waals surface area contributed by atoms with Gasteiger partial charge in [0.1, 0.15) is 5.75 Å². The Morgan fingerprint density at radius 3 is 2.95 bits per heavy atom. The van der Waals surface area contributed by atoms with Gasteiger partial charge in [-0.2, -0.15) is 0 Å². The van der Waals surface area contributed by atoms with Crippen LogP contribution in [0.3, 0.4) is 0 Å². The summed E-state index contributed by atoms with van der Waals surface area (Å²) in [4.78, 5) is 2.38. The molecule has 21 heavy (non-hydrogen) atoms. The predicted octanol–water partition coefficient (Wildman–Crippen LogP) is 2.77. The van der Waals surface area contributed by atoms with Gasteiger partial charge in [0.05, 0.1) is 0 Å². The Hall–Kier alpha value is -1.27. The first kappa shape index (κ1) is 14.7. The Balaban J connectivity index is 1.68. The number of hydrogen-bond acceptors (Lipinski definition) is 3. The second-order valence-corrected chi connectivity index (χ2v) is 5.79. The summed E-state index contributed by atoms with van der Waals surface area (Å²) in [6.45, 7) is 3.72. The number of alkyl halides is 3. The van der Waals surface area contributed by atoms with Gasteiger partial charge in [-0.15, -0.1) is 13.2 Å². The van der Waals surface area contributed by atoms with Crippen LogP contribution in [0.15, 0.2) is 24.3 Å². The maximum atomic E-state index is 12.3. The van der Waals surface area contributed by atoms with Crippen LogP contribution in [0, 0.1) is 5.92 Å². The zero-order chi connectivity index (χ0) is 14.9. The minimum Gasteiger partial charge on any atom is -0.406 e. The maximum absolute atomic E-state index is 12.3. The molecule has 3 nitrogen and oxygen atoms in total. The molecular formula is C15H19F3N2O. The molecule has 2 saturated heterocycles. The van der Waals surface area contributed by atoms with Crippen LogP contribution in [0.5, 0.6) is 5.75 Å². The molecule has 6 heteroatoms. The van der Waals surface area contributed by atoms with Crippen LogP contribution in [-0.4, -0.2) is 36.9 Å². The molecule has 0 amide bonds. The van der Waals surface area contributed by atoms with Crippen molar-refractivity contribution in [2.24, 2.45) is 5.92 Å². The van der Waals surface area contributed by atoms with Crippen molar-refractivity contribution in [2.45, 2.75) is 31.8 Å². The van der Waals surface area contributed by atoms with Crippen LogP contribution in [0.4, 0.5) is 13.2 Å². The number of piperidine rings is 1. The second-order valence-electron chi connectivity index (χ2n) is 5.79. The number of halogens is 3. The highest BCUT2D eigenvalue weighted by Gasteiger charge is 2.35. The van der Waals surface area contributed by atoms with Crippen LogP contribution in [0.2, 0.25) is 0 Å². The van der Waals surface area contributed by atoms with Crippen molar-refractivity contribution >= 4 is 0 Å². The molecule has 0 spiro atoms. The molecule has 3 rings (SSSR count). The molecule has 0 bridgehead atoms. The summed E-state index contributed by atoms with van der Waals surface area (Å²) in [6, 6.07) is 6.80. The summed E-state index contributed by atoms with van der Waals surface area (Å²) in [6.07, 6.45) is -2.24. The Morgan fingerprint density at radius 1 is 1.29 bits per heavy atom. The van der Waals surface area contributed by atoms with Crippen molar-refractivity contribution in [1.29, 1.82) is 0 Å². The number of nitrogens with zero attached hydrogens (tertiary/aromatic N) is 1. The van der Waals surface area contributed by atoms with Gasteiger partial charge in [0, 0.05) is 19.1 Å². The quantitative estimate of drug-likeness (QED) is 0.929. The van der Waals surface area contributed by atoms with Crippen LogP contribution < -0.4 is 10.1 Å². The van der Waals surface area contributed by atoms with E-state index >= 15 is 0 Å². The van der Waals surface area contributed by atoms with Gasteiger partial charge in [-0.3, -0.25) is 4.90 Å². The Labute approximate surface area is 122 Å². The minimum absolute atomic E-state index is 0.141. The summed E-state index contributed by atoms with van der Waals surface area (Å²) in [7, 11) is 0. The highest BCUT2D eigenvalue weighted by molar-refractivity contribution is 5.28. The molecular weight excluding hydrogens is 281 g/mol. The van der Waals surface area contributed by atoms with Crippen LogP contribution in [0.1, 0.15) is 18.4 Å². The molecule has 0 aromatic heterocycles. The summed E-state index contributed by atoms with van der Waals surface area (Å²) >= 11 is 0. The molecule has 116 valence electrons. The monoisotopic (exact) mass is 300 g/mol. The summed E-state index contributed by atoms with van der Waals surface area (Å²) in [5.41, 5.74) is 0.865. The van der Waals surface area contributed by atoms with Crippen molar-refractivity contribution in [1.82, 2.24) is 10.2 Å². The van der Waals surface area contributed by atoms with Gasteiger partial charge in [0.25, 0.3) is 0 Å². The number of likely N-dealkylation sites (tertiary alicyclic amines) is 1. The number of hydrogen-bond donors (Lipinski definition) is 1. The Bertz CT molecular complexity index is 492. The Kier molecular flexibility index (Phi) is 4.08. The van der Waals surface area contributed by atoms with E-state index in [-0.39, 0.29) is 5.75 Å². The number of rotatable bonds is 3. The van der Waals surface area contributed by atoms with E-state index in [4.69, 9.17) is 0 Å². The number of ether oxygens (including phenoxy) is 1. The first-order valence-electron chi connectivity index (χ1n) is 7.31. The lowest BCUT2D eigenvalue weighted by Crippen LogP contribution is -2.44. The van der Waals surface area contributed by atoms with Gasteiger partial charge in [-0.05, 0) is 49.5 Å². The third-order valence-corrected chi connectivity index (χ3v) is 4.31. The molecule has 1 aromatic carbocycles. The molecule has 0 radical (unpaired) electrons. The van der Waals surface area contributed by atoms with Gasteiger partial charge >= 0.3 is 6.36 Å². The van der Waals surface area contributed by atoms with Crippen molar-refractivity contribution in [2.75, 3.05) is 19.6 Å². The minimum atomic E-state index is -4.63. The normalized spacial score (nSPS) is 26.6. The molecule has 2 fully saturated rings. The van der Waals surface area contributed by atoms with Crippen molar-refractivity contribution in [3.05, 3.63) is 29.8 Å². The van der Waals surface area contributed by atoms with Crippen LogP contribution in [-0.2, 0) is 6.54 Å². The highest BCUT2D eigenvalue weighted by atomic mass is 19.4. The lowest BCUT2D eigenvalue weighted by molar-refractivity contribution is -0.274. The van der Waals surface area contributed by atoms with Gasteiger partial charge < -0.3 is 10.1 Å². The van der Waals surface area contributed by atoms with Gasteiger partial charge in [0.15, 0.2) is 0 Å². The molecule has 2 aliphatic rings. The first-order valence-corrected chi connectivity index (χ1v) is 7.31. The maximum Gasteiger partial charge on any atom is 0.573 e. The third-order valence-electron chi connectivity index (χ3n) is 4.31. The fourth-order valence-electron chi connectivity index (χ4n) is 3.44. The van der Waals surface area contributed by atoms with E-state index in [2.05, 4.69) is 15.0 Å². The van der Waals surface area contributed by atoms with E-state index in [1.54, 1.807) is 6.07 Å². The summed E-state index contributed by atoms with van der Waals surface area (Å²) in [5.74, 6) is 0.534. The lowest BCUT2D eigenvalue weighted by atomic mass is 9.91. The molecule has 2 unspecified atom stereocenters. The largest absolute Gasteiger partial charge is 0.573 e. The smallest absolute Gasteiger partial charge is 0.406 e. The molecule has 2 atom stereocenters. The fourth-order valence-corrected chi connectivity index (χ4v) is 3.44. The van der Waals surface area contributed by atoms with Crippen molar-refractivity contribution in [3.63, 3.8) is 0 Å². The standard InChI is InChI=1S/C15H19F3N2O/c16-15(17,18)21-13-5-1-3-11(7-13)10-20-6-2-4-12-8-19-9-14(12)20/h1,3,5,7,12,14,19H,2,4,6,8-10H2. The average Bonchev–Trinajstić information content (AvgIpc) is 2.86. The van der Waals surface area contributed by atoms with Crippen molar-refractivity contribution in [3.8, 4) is 5.75 Å². The average molecular weight is 300 g/mol. The predicted molar refractivity (Wildman–Crippen MR) is 72.9 cm³/mol. The zero-order valence-electron chi connectivity index (χ0n) is 11.7. The topological polar surface area (TPSA) is 24.5 Å². The van der Waals surface area contributed by atoms with E-state index in [1.165, 1.54) is 18.6 Å². The third kappa shape index (κ3) is 3.68. The van der Waals surface area contributed by atoms with Gasteiger partial charge in [-0.1, -0.05) is 12.1 Å². The van der Waals surface area contributed by atoms with E-state index in [9.17, 15) is 13.2 Å². The molecule has 1 N–H and O–H groups in total. The number of benzene rings is 1. The van der Waals surface area contributed by atoms with Crippen molar-refractivity contribution < 1.29 is 17.9 Å². The van der Waals surface area contributed by atoms with E-state index in [0.717, 1.165) is 31.6 Å². The SMILES string of the molecule is FC(F)(F)Oc1cccc(CN2CCCC3CNCC32)c1. The molecule has 0 saturated carbocycles. The number of nitrogens with one attached hydrogen (secondary N) is 1. The summed E-state index contributed by atoms with van der Waals surface area (Å²) in [5, 5.41) is 3.41. The highest BCUT2D eigenvalue weighted by Crippen LogP contribution is 2.29. The molecule has 1 aromatic rings. The van der Waals surface area contributed by atoms with E-state index in [0.29, 0.717) is 18.5 Å². The van der Waals surface area contributed by atoms with E-state index < -0.39 is 6.36 Å². The first-order chi connectivity index (χ1) is 10.0. The molecule has 2 aliphatic heterocycles. The summed E-state index contributed by atoms with van der Waals surface area (Å²) < 4.78 is 40.8. The van der Waals surface area contributed by atoms with Crippen LogP contribution >= 0.6 is 0 Å². The zero-order valence-corrected chi connectivity index (χ0v) is 11.7. The molecule has 0 aliphatic carbocycles. The fraction of sp³-hybridized carbons (Fsp3) is 0.600. The van der Waals surface area contributed by atoms with Crippen LogP contribution in [0.25, 0.3) is 0 Å². The van der Waals surface area contributed by atoms with Gasteiger partial charge in [-0.25, -0.2) is 0 Å². The molecule has 2 heterocycles. The number of fused-ring (bicyclic) bond motifs is 1. The lowest BCUT2D eigenvalue weighted by Gasteiger charge is -2.37. The second kappa shape index (κ2) is 5.85.